The van der Waals surface area contributed by atoms with Crippen molar-refractivity contribution in [2.24, 2.45) is 0 Å². The highest BCUT2D eigenvalue weighted by Gasteiger charge is 2.48. The fraction of sp³-hybridized carbons (Fsp3) is 0.545. The molecule has 1 aliphatic carbocycles. The zero-order valence-electron chi connectivity index (χ0n) is 17.9. The van der Waals surface area contributed by atoms with Gasteiger partial charge in [-0.2, -0.15) is 5.10 Å². The Morgan fingerprint density at radius 3 is 2.77 bits per heavy atom. The number of hydrogen-bond donors (Lipinski definition) is 1. The average molecular weight is 445 g/mol. The first-order chi connectivity index (χ1) is 14.9. The first kappa shape index (κ1) is 21.5. The molecule has 0 saturated heterocycles. The first-order valence-corrected chi connectivity index (χ1v) is 11.6. The summed E-state index contributed by atoms with van der Waals surface area (Å²) in [6, 6.07) is 5.59. The fourth-order valence-electron chi connectivity index (χ4n) is 4.46. The lowest BCUT2D eigenvalue weighted by molar-refractivity contribution is -0.134. The molecule has 4 rings (SSSR count). The molecular formula is C22H28N4O4S. The van der Waals surface area contributed by atoms with Crippen molar-refractivity contribution in [1.29, 1.82) is 0 Å². The molecule has 166 valence electrons. The molecule has 1 saturated carbocycles. The molecule has 8 nitrogen and oxygen atoms in total. The van der Waals surface area contributed by atoms with E-state index in [1.165, 1.54) is 24.3 Å². The fourth-order valence-corrected chi connectivity index (χ4v) is 5.16. The molecule has 1 N–H and O–H groups in total. The Hall–Kier alpha value is -2.68. The first-order valence-electron chi connectivity index (χ1n) is 10.7. The van der Waals surface area contributed by atoms with Gasteiger partial charge in [0, 0.05) is 23.5 Å². The van der Waals surface area contributed by atoms with Gasteiger partial charge in [0.1, 0.15) is 11.2 Å². The number of esters is 1. The predicted octanol–water partition coefficient (Wildman–Crippen LogP) is 2.64. The van der Waals surface area contributed by atoms with E-state index in [2.05, 4.69) is 10.4 Å². The topological polar surface area (TPSA) is 93.5 Å². The summed E-state index contributed by atoms with van der Waals surface area (Å²) in [6.45, 7) is 2.39. The van der Waals surface area contributed by atoms with Crippen LogP contribution >= 0.6 is 11.3 Å². The van der Waals surface area contributed by atoms with E-state index < -0.39 is 11.5 Å². The van der Waals surface area contributed by atoms with E-state index in [9.17, 15) is 14.4 Å². The molecule has 2 aromatic heterocycles. The number of fused-ring (bicyclic) bond motifs is 1. The Balaban J connectivity index is 1.63. The number of aromatic nitrogens is 2. The molecular weight excluding hydrogens is 416 g/mol. The third-order valence-corrected chi connectivity index (χ3v) is 7.22. The van der Waals surface area contributed by atoms with E-state index in [4.69, 9.17) is 4.74 Å². The summed E-state index contributed by atoms with van der Waals surface area (Å²) in [5.74, 6) is -1.07. The normalized spacial score (nSPS) is 21.6. The average Bonchev–Trinajstić information content (AvgIpc) is 3.43. The lowest BCUT2D eigenvalue weighted by Gasteiger charge is -2.44. The van der Waals surface area contributed by atoms with Crippen molar-refractivity contribution in [1.82, 2.24) is 20.0 Å². The van der Waals surface area contributed by atoms with Crippen LogP contribution in [0.1, 0.15) is 64.9 Å². The molecule has 0 bridgehead atoms. The van der Waals surface area contributed by atoms with Gasteiger partial charge in [0.05, 0.1) is 13.7 Å². The highest BCUT2D eigenvalue weighted by Crippen LogP contribution is 2.29. The van der Waals surface area contributed by atoms with Crippen molar-refractivity contribution >= 4 is 29.1 Å². The molecule has 31 heavy (non-hydrogen) atoms. The smallest absolute Gasteiger partial charge is 0.358 e. The van der Waals surface area contributed by atoms with Gasteiger partial charge in [-0.3, -0.25) is 14.3 Å². The number of hydrogen-bond acceptors (Lipinski definition) is 6. The summed E-state index contributed by atoms with van der Waals surface area (Å²) in [5.41, 5.74) is -0.728. The molecule has 2 amide bonds. The number of methoxy groups -OCH3 is 1. The van der Waals surface area contributed by atoms with Crippen molar-refractivity contribution < 1.29 is 19.1 Å². The van der Waals surface area contributed by atoms with Crippen LogP contribution in [0, 0.1) is 0 Å². The number of nitrogens with zero attached hydrogens (tertiary/aromatic N) is 3. The molecule has 1 fully saturated rings. The number of carbonyl (C=O) groups excluding carboxylic acids is 3. The van der Waals surface area contributed by atoms with Crippen LogP contribution in [0.15, 0.2) is 23.6 Å². The number of carbonyl (C=O) groups is 3. The van der Waals surface area contributed by atoms with Gasteiger partial charge in [0.15, 0.2) is 5.69 Å². The van der Waals surface area contributed by atoms with Crippen LogP contribution in [0.3, 0.4) is 0 Å². The van der Waals surface area contributed by atoms with Crippen LogP contribution in [0.5, 0.6) is 0 Å². The summed E-state index contributed by atoms with van der Waals surface area (Å²) in [6.07, 6.45) is 5.99. The SMILES string of the molecule is COC(=O)c1cc2n(n1)CC(C)(C(=O)NC1CCCCC1)N(CCc1cccs1)C2=O. The molecule has 9 heteroatoms. The summed E-state index contributed by atoms with van der Waals surface area (Å²) in [7, 11) is 1.28. The van der Waals surface area contributed by atoms with Crippen molar-refractivity contribution in [3.05, 3.63) is 39.8 Å². The van der Waals surface area contributed by atoms with Crippen molar-refractivity contribution in [3.8, 4) is 0 Å². The maximum atomic E-state index is 13.5. The van der Waals surface area contributed by atoms with Gasteiger partial charge in [-0.25, -0.2) is 4.79 Å². The van der Waals surface area contributed by atoms with Gasteiger partial charge >= 0.3 is 5.97 Å². The van der Waals surface area contributed by atoms with Crippen LogP contribution in [0.4, 0.5) is 0 Å². The van der Waals surface area contributed by atoms with Crippen LogP contribution in [0.2, 0.25) is 0 Å². The molecule has 1 aliphatic heterocycles. The van der Waals surface area contributed by atoms with Gasteiger partial charge in [-0.05, 0) is 37.6 Å². The van der Waals surface area contributed by atoms with Gasteiger partial charge in [-0.1, -0.05) is 25.3 Å². The lowest BCUT2D eigenvalue weighted by Crippen LogP contribution is -2.65. The monoisotopic (exact) mass is 444 g/mol. The molecule has 0 radical (unpaired) electrons. The van der Waals surface area contributed by atoms with Crippen LogP contribution < -0.4 is 5.32 Å². The summed E-state index contributed by atoms with van der Waals surface area (Å²) in [4.78, 5) is 41.7. The highest BCUT2D eigenvalue weighted by atomic mass is 32.1. The van der Waals surface area contributed by atoms with E-state index in [0.717, 1.165) is 30.6 Å². The number of ether oxygens (including phenoxy) is 1. The number of amides is 2. The second-order valence-corrected chi connectivity index (χ2v) is 9.46. The Kier molecular flexibility index (Phi) is 6.13. The van der Waals surface area contributed by atoms with E-state index >= 15 is 0 Å². The Morgan fingerprint density at radius 2 is 2.10 bits per heavy atom. The minimum absolute atomic E-state index is 0.0704. The molecule has 2 aromatic rings. The third kappa shape index (κ3) is 4.23. The van der Waals surface area contributed by atoms with E-state index in [1.54, 1.807) is 23.2 Å². The largest absolute Gasteiger partial charge is 0.464 e. The zero-order valence-corrected chi connectivity index (χ0v) is 18.7. The predicted molar refractivity (Wildman–Crippen MR) is 116 cm³/mol. The standard InChI is InChI=1S/C22H28N4O4S/c1-22(21(29)23-15-7-4-3-5-8-15)14-26-18(13-17(24-26)20(28)30-2)19(27)25(22)11-10-16-9-6-12-31-16/h6,9,12-13,15H,3-5,7-8,10-11,14H2,1-2H3,(H,23,29). The Morgan fingerprint density at radius 1 is 1.32 bits per heavy atom. The van der Waals surface area contributed by atoms with Crippen LogP contribution in [-0.4, -0.2) is 57.7 Å². The van der Waals surface area contributed by atoms with Gasteiger partial charge in [-0.15, -0.1) is 11.3 Å². The second kappa shape index (κ2) is 8.82. The van der Waals surface area contributed by atoms with Gasteiger partial charge in [0.2, 0.25) is 5.91 Å². The minimum atomic E-state index is -1.10. The molecule has 0 spiro atoms. The van der Waals surface area contributed by atoms with Crippen molar-refractivity contribution in [3.63, 3.8) is 0 Å². The van der Waals surface area contributed by atoms with Crippen molar-refractivity contribution in [2.45, 2.75) is 63.6 Å². The van der Waals surface area contributed by atoms with E-state index in [-0.39, 0.29) is 30.1 Å². The Bertz CT molecular complexity index is 964. The summed E-state index contributed by atoms with van der Waals surface area (Å²) < 4.78 is 6.22. The molecule has 0 aromatic carbocycles. The summed E-state index contributed by atoms with van der Waals surface area (Å²) >= 11 is 1.63. The number of thiophene rings is 1. The highest BCUT2D eigenvalue weighted by molar-refractivity contribution is 7.09. The van der Waals surface area contributed by atoms with Crippen LogP contribution in [0.25, 0.3) is 0 Å². The molecule has 1 atom stereocenters. The minimum Gasteiger partial charge on any atom is -0.464 e. The van der Waals surface area contributed by atoms with Gasteiger partial charge in [0.25, 0.3) is 5.91 Å². The van der Waals surface area contributed by atoms with Crippen LogP contribution in [-0.2, 0) is 22.5 Å². The molecule has 3 heterocycles. The maximum Gasteiger partial charge on any atom is 0.358 e. The second-order valence-electron chi connectivity index (χ2n) is 8.43. The molecule has 2 aliphatic rings. The quantitative estimate of drug-likeness (QED) is 0.692. The van der Waals surface area contributed by atoms with Crippen molar-refractivity contribution in [2.75, 3.05) is 13.7 Å². The number of rotatable bonds is 6. The summed E-state index contributed by atoms with van der Waals surface area (Å²) in [5, 5.41) is 9.44. The number of nitrogens with one attached hydrogen (secondary N) is 1. The van der Waals surface area contributed by atoms with E-state index in [0.29, 0.717) is 18.7 Å². The Labute approximate surface area is 185 Å². The van der Waals surface area contributed by atoms with Gasteiger partial charge < -0.3 is 15.0 Å². The zero-order chi connectivity index (χ0) is 22.0. The molecule has 1 unspecified atom stereocenters. The maximum absolute atomic E-state index is 13.5. The third-order valence-electron chi connectivity index (χ3n) is 6.28. The lowest BCUT2D eigenvalue weighted by atomic mass is 9.91. The van der Waals surface area contributed by atoms with E-state index in [1.807, 2.05) is 17.5 Å².